The minimum absolute atomic E-state index is 0.728. The lowest BCUT2D eigenvalue weighted by atomic mass is 10.1. The molecule has 14 heavy (non-hydrogen) atoms. The number of piperazine rings is 1. The minimum atomic E-state index is 0.728. The molecule has 2 nitrogen and oxygen atoms in total. The lowest BCUT2D eigenvalue weighted by Crippen LogP contribution is -2.49. The average Bonchev–Trinajstić information content (AvgIpc) is 2.26. The summed E-state index contributed by atoms with van der Waals surface area (Å²) in [5, 5.41) is 0. The summed E-state index contributed by atoms with van der Waals surface area (Å²) in [7, 11) is 0. The number of hydrogen-bond acceptors (Lipinski definition) is 2. The average molecular weight is 196 g/mol. The van der Waals surface area contributed by atoms with Gasteiger partial charge in [0.2, 0.25) is 0 Å². The highest BCUT2D eigenvalue weighted by molar-refractivity contribution is 4.82. The van der Waals surface area contributed by atoms with Crippen LogP contribution in [-0.2, 0) is 0 Å². The Balaban J connectivity index is 2.34. The van der Waals surface area contributed by atoms with Crippen molar-refractivity contribution in [2.24, 2.45) is 0 Å². The fourth-order valence-corrected chi connectivity index (χ4v) is 2.21. The standard InChI is InChI=1S/C12H24N2/c1-4-7-12(5-2)14-10-8-13(6-3)9-11-14/h4,12H,1,5-11H2,2-3H3/t12-/m0/s1. The lowest BCUT2D eigenvalue weighted by molar-refractivity contribution is 0.0981. The van der Waals surface area contributed by atoms with Crippen LogP contribution in [0.2, 0.25) is 0 Å². The summed E-state index contributed by atoms with van der Waals surface area (Å²) in [6.45, 7) is 14.5. The van der Waals surface area contributed by atoms with Gasteiger partial charge in [-0.3, -0.25) is 4.90 Å². The van der Waals surface area contributed by atoms with Crippen LogP contribution in [0.1, 0.15) is 26.7 Å². The van der Waals surface area contributed by atoms with Crippen LogP contribution in [-0.4, -0.2) is 48.6 Å². The molecule has 0 unspecified atom stereocenters. The first-order valence-electron chi connectivity index (χ1n) is 5.89. The van der Waals surface area contributed by atoms with Crippen molar-refractivity contribution in [3.8, 4) is 0 Å². The maximum absolute atomic E-state index is 3.84. The van der Waals surface area contributed by atoms with Crippen LogP contribution in [0.3, 0.4) is 0 Å². The van der Waals surface area contributed by atoms with Gasteiger partial charge >= 0.3 is 0 Å². The Labute approximate surface area is 88.6 Å². The Hall–Kier alpha value is -0.340. The highest BCUT2D eigenvalue weighted by Crippen LogP contribution is 2.12. The quantitative estimate of drug-likeness (QED) is 0.620. The van der Waals surface area contributed by atoms with Crippen molar-refractivity contribution in [1.29, 1.82) is 0 Å². The predicted octanol–water partition coefficient (Wildman–Crippen LogP) is 1.98. The van der Waals surface area contributed by atoms with Crippen molar-refractivity contribution in [3.05, 3.63) is 12.7 Å². The lowest BCUT2D eigenvalue weighted by Gasteiger charge is -2.38. The van der Waals surface area contributed by atoms with Gasteiger partial charge in [0.1, 0.15) is 0 Å². The molecule has 1 aliphatic rings. The summed E-state index contributed by atoms with van der Waals surface area (Å²) in [5.74, 6) is 0. The van der Waals surface area contributed by atoms with Crippen molar-refractivity contribution >= 4 is 0 Å². The fraction of sp³-hybridized carbons (Fsp3) is 0.833. The third-order valence-electron chi connectivity index (χ3n) is 3.28. The van der Waals surface area contributed by atoms with E-state index in [1.54, 1.807) is 0 Å². The van der Waals surface area contributed by atoms with Crippen molar-refractivity contribution in [2.75, 3.05) is 32.7 Å². The zero-order chi connectivity index (χ0) is 10.4. The molecule has 1 aliphatic heterocycles. The van der Waals surface area contributed by atoms with E-state index in [1.807, 2.05) is 0 Å². The Bertz CT molecular complexity index is 160. The van der Waals surface area contributed by atoms with Crippen LogP contribution >= 0.6 is 0 Å². The largest absolute Gasteiger partial charge is 0.301 e. The van der Waals surface area contributed by atoms with Gasteiger partial charge in [-0.1, -0.05) is 19.9 Å². The van der Waals surface area contributed by atoms with E-state index >= 15 is 0 Å². The number of likely N-dealkylation sites (N-methyl/N-ethyl adjacent to an activating group) is 1. The molecular formula is C12H24N2. The van der Waals surface area contributed by atoms with Crippen LogP contribution in [0.5, 0.6) is 0 Å². The molecule has 0 aromatic heterocycles. The molecule has 1 saturated heterocycles. The van der Waals surface area contributed by atoms with E-state index in [0.717, 1.165) is 12.5 Å². The summed E-state index contributed by atoms with van der Waals surface area (Å²) < 4.78 is 0. The van der Waals surface area contributed by atoms with Gasteiger partial charge in [0.25, 0.3) is 0 Å². The molecule has 0 bridgehead atoms. The number of nitrogens with zero attached hydrogens (tertiary/aromatic N) is 2. The first-order valence-corrected chi connectivity index (χ1v) is 5.89. The van der Waals surface area contributed by atoms with Crippen molar-refractivity contribution in [3.63, 3.8) is 0 Å². The van der Waals surface area contributed by atoms with Crippen LogP contribution in [0, 0.1) is 0 Å². The predicted molar refractivity (Wildman–Crippen MR) is 62.6 cm³/mol. The Kier molecular flexibility index (Phi) is 5.20. The molecule has 0 N–H and O–H groups in total. The molecular weight excluding hydrogens is 172 g/mol. The molecule has 1 atom stereocenters. The van der Waals surface area contributed by atoms with E-state index in [4.69, 9.17) is 0 Å². The van der Waals surface area contributed by atoms with E-state index in [0.29, 0.717) is 0 Å². The summed E-state index contributed by atoms with van der Waals surface area (Å²) >= 11 is 0. The zero-order valence-electron chi connectivity index (χ0n) is 9.71. The Morgan fingerprint density at radius 1 is 1.21 bits per heavy atom. The van der Waals surface area contributed by atoms with Gasteiger partial charge in [-0.25, -0.2) is 0 Å². The SMILES string of the molecule is C=CC[C@H](CC)N1CCN(CC)CC1. The smallest absolute Gasteiger partial charge is 0.0128 e. The fourth-order valence-electron chi connectivity index (χ4n) is 2.21. The maximum atomic E-state index is 3.84. The van der Waals surface area contributed by atoms with Gasteiger partial charge in [-0.15, -0.1) is 6.58 Å². The molecule has 0 aliphatic carbocycles. The van der Waals surface area contributed by atoms with Gasteiger partial charge in [-0.2, -0.15) is 0 Å². The molecule has 0 spiro atoms. The molecule has 1 rings (SSSR count). The first-order chi connectivity index (χ1) is 6.81. The molecule has 2 heteroatoms. The highest BCUT2D eigenvalue weighted by Gasteiger charge is 2.20. The molecule has 0 radical (unpaired) electrons. The third-order valence-corrected chi connectivity index (χ3v) is 3.28. The minimum Gasteiger partial charge on any atom is -0.301 e. The Morgan fingerprint density at radius 2 is 1.86 bits per heavy atom. The van der Waals surface area contributed by atoms with Crippen LogP contribution < -0.4 is 0 Å². The first kappa shape index (κ1) is 11.7. The molecule has 1 heterocycles. The van der Waals surface area contributed by atoms with E-state index in [9.17, 15) is 0 Å². The maximum Gasteiger partial charge on any atom is 0.0128 e. The summed E-state index contributed by atoms with van der Waals surface area (Å²) in [5.41, 5.74) is 0. The number of hydrogen-bond donors (Lipinski definition) is 0. The normalized spacial score (nSPS) is 22.1. The van der Waals surface area contributed by atoms with E-state index < -0.39 is 0 Å². The second kappa shape index (κ2) is 6.20. The summed E-state index contributed by atoms with van der Waals surface area (Å²) in [4.78, 5) is 5.14. The van der Waals surface area contributed by atoms with Gasteiger partial charge in [0.15, 0.2) is 0 Å². The topological polar surface area (TPSA) is 6.48 Å². The highest BCUT2D eigenvalue weighted by atomic mass is 15.3. The van der Waals surface area contributed by atoms with Gasteiger partial charge < -0.3 is 4.90 Å². The van der Waals surface area contributed by atoms with Gasteiger partial charge in [0.05, 0.1) is 0 Å². The Morgan fingerprint density at radius 3 is 2.29 bits per heavy atom. The van der Waals surface area contributed by atoms with E-state index in [2.05, 4.69) is 36.3 Å². The van der Waals surface area contributed by atoms with Crippen molar-refractivity contribution in [1.82, 2.24) is 9.80 Å². The molecule has 82 valence electrons. The summed E-state index contributed by atoms with van der Waals surface area (Å²) in [6, 6.07) is 0.728. The van der Waals surface area contributed by atoms with Crippen molar-refractivity contribution < 1.29 is 0 Å². The van der Waals surface area contributed by atoms with Crippen LogP contribution in [0.4, 0.5) is 0 Å². The van der Waals surface area contributed by atoms with Crippen LogP contribution in [0.25, 0.3) is 0 Å². The van der Waals surface area contributed by atoms with Crippen molar-refractivity contribution in [2.45, 2.75) is 32.7 Å². The van der Waals surface area contributed by atoms with Crippen LogP contribution in [0.15, 0.2) is 12.7 Å². The molecule has 0 aromatic rings. The summed E-state index contributed by atoms with van der Waals surface area (Å²) in [6.07, 6.45) is 4.45. The van der Waals surface area contributed by atoms with Gasteiger partial charge in [0, 0.05) is 32.2 Å². The van der Waals surface area contributed by atoms with E-state index in [-0.39, 0.29) is 0 Å². The third kappa shape index (κ3) is 3.10. The molecule has 0 amide bonds. The second-order valence-electron chi connectivity index (χ2n) is 4.06. The van der Waals surface area contributed by atoms with E-state index in [1.165, 1.54) is 39.1 Å². The molecule has 0 aromatic carbocycles. The van der Waals surface area contributed by atoms with Gasteiger partial charge in [-0.05, 0) is 19.4 Å². The molecule has 1 fully saturated rings. The monoisotopic (exact) mass is 196 g/mol. The molecule has 0 saturated carbocycles. The second-order valence-corrected chi connectivity index (χ2v) is 4.06. The number of rotatable bonds is 5. The zero-order valence-corrected chi connectivity index (χ0v) is 9.71.